The molecular formula is C16H26. The molecule has 0 heteroatoms. The summed E-state index contributed by atoms with van der Waals surface area (Å²) < 4.78 is 0. The van der Waals surface area contributed by atoms with E-state index in [1.54, 1.807) is 0 Å². The third-order valence-corrected chi connectivity index (χ3v) is 3.20. The average molecular weight is 218 g/mol. The van der Waals surface area contributed by atoms with Gasteiger partial charge in [0, 0.05) is 0 Å². The second-order valence-electron chi connectivity index (χ2n) is 6.40. The molecule has 0 N–H and O–H groups in total. The molecule has 0 radical (unpaired) electrons. The molecule has 16 heavy (non-hydrogen) atoms. The number of hydrogen-bond acceptors (Lipinski definition) is 0. The molecule has 1 rings (SSSR count). The average Bonchev–Trinajstić information content (AvgIpc) is 2.15. The normalized spacial score (nSPS) is 12.6. The lowest BCUT2D eigenvalue weighted by atomic mass is 9.81. The quantitative estimate of drug-likeness (QED) is 0.637. The minimum atomic E-state index is 0.249. The molecule has 0 saturated heterocycles. The van der Waals surface area contributed by atoms with Gasteiger partial charge in [0.25, 0.3) is 0 Å². The Labute approximate surface area is 101 Å². The van der Waals surface area contributed by atoms with Crippen molar-refractivity contribution in [1.82, 2.24) is 0 Å². The van der Waals surface area contributed by atoms with Gasteiger partial charge in [-0.1, -0.05) is 66.7 Å². The Bertz CT molecular complexity index is 351. The fourth-order valence-electron chi connectivity index (χ4n) is 2.07. The van der Waals surface area contributed by atoms with Gasteiger partial charge in [-0.25, -0.2) is 0 Å². The molecule has 0 aliphatic carbocycles. The SMILES string of the molecule is CC(C)c1ccc(C(C)(C)C)cc1C(C)C. The van der Waals surface area contributed by atoms with Crippen LogP contribution in [0, 0.1) is 0 Å². The Morgan fingerprint density at radius 2 is 1.31 bits per heavy atom. The van der Waals surface area contributed by atoms with Crippen molar-refractivity contribution in [2.24, 2.45) is 0 Å². The molecule has 0 saturated carbocycles. The van der Waals surface area contributed by atoms with Gasteiger partial charge in [0.15, 0.2) is 0 Å². The zero-order valence-corrected chi connectivity index (χ0v) is 11.9. The van der Waals surface area contributed by atoms with Crippen LogP contribution in [0.15, 0.2) is 18.2 Å². The summed E-state index contributed by atoms with van der Waals surface area (Å²) in [5.41, 5.74) is 4.71. The second kappa shape index (κ2) is 4.61. The van der Waals surface area contributed by atoms with Crippen LogP contribution in [-0.2, 0) is 5.41 Å². The first-order chi connectivity index (χ1) is 7.23. The molecular weight excluding hydrogens is 192 g/mol. The Hall–Kier alpha value is -0.780. The fraction of sp³-hybridized carbons (Fsp3) is 0.625. The highest BCUT2D eigenvalue weighted by Gasteiger charge is 2.17. The summed E-state index contributed by atoms with van der Waals surface area (Å²) in [6.45, 7) is 16.0. The molecule has 90 valence electrons. The minimum absolute atomic E-state index is 0.249. The van der Waals surface area contributed by atoms with Crippen LogP contribution < -0.4 is 0 Å². The molecule has 0 fully saturated rings. The summed E-state index contributed by atoms with van der Waals surface area (Å²) >= 11 is 0. The summed E-state index contributed by atoms with van der Waals surface area (Å²) in [4.78, 5) is 0. The predicted octanol–water partition coefficient (Wildman–Crippen LogP) is 5.23. The van der Waals surface area contributed by atoms with Crippen molar-refractivity contribution in [3.05, 3.63) is 34.9 Å². The largest absolute Gasteiger partial charge is 0.0587 e. The maximum atomic E-state index is 2.40. The zero-order valence-electron chi connectivity index (χ0n) is 11.9. The summed E-state index contributed by atoms with van der Waals surface area (Å²) in [6, 6.07) is 7.02. The second-order valence-corrected chi connectivity index (χ2v) is 6.40. The summed E-state index contributed by atoms with van der Waals surface area (Å²) in [6.07, 6.45) is 0. The Morgan fingerprint density at radius 3 is 1.69 bits per heavy atom. The maximum absolute atomic E-state index is 2.40. The Balaban J connectivity index is 3.29. The van der Waals surface area contributed by atoms with E-state index in [2.05, 4.69) is 66.7 Å². The minimum Gasteiger partial charge on any atom is -0.0587 e. The van der Waals surface area contributed by atoms with Crippen molar-refractivity contribution in [2.75, 3.05) is 0 Å². The maximum Gasteiger partial charge on any atom is -0.0132 e. The smallest absolute Gasteiger partial charge is 0.0132 e. The highest BCUT2D eigenvalue weighted by Crippen LogP contribution is 2.31. The van der Waals surface area contributed by atoms with Crippen molar-refractivity contribution in [3.63, 3.8) is 0 Å². The standard InChI is InChI=1S/C16H26/c1-11(2)14-9-8-13(16(5,6)7)10-15(14)12(3)4/h8-12H,1-7H3. The van der Waals surface area contributed by atoms with Crippen molar-refractivity contribution in [3.8, 4) is 0 Å². The first-order valence-corrected chi connectivity index (χ1v) is 6.37. The molecule has 0 amide bonds. The number of hydrogen-bond donors (Lipinski definition) is 0. The number of rotatable bonds is 2. The van der Waals surface area contributed by atoms with E-state index in [9.17, 15) is 0 Å². The lowest BCUT2D eigenvalue weighted by Crippen LogP contribution is -2.12. The fourth-order valence-corrected chi connectivity index (χ4v) is 2.07. The third kappa shape index (κ3) is 2.87. The van der Waals surface area contributed by atoms with Gasteiger partial charge in [-0.3, -0.25) is 0 Å². The van der Waals surface area contributed by atoms with Crippen LogP contribution in [0.3, 0.4) is 0 Å². The zero-order chi connectivity index (χ0) is 12.5. The molecule has 0 aromatic heterocycles. The van der Waals surface area contributed by atoms with Crippen LogP contribution in [0.5, 0.6) is 0 Å². The summed E-state index contributed by atoms with van der Waals surface area (Å²) in [7, 11) is 0. The van der Waals surface area contributed by atoms with E-state index in [0.29, 0.717) is 11.8 Å². The van der Waals surface area contributed by atoms with Gasteiger partial charge in [0.2, 0.25) is 0 Å². The van der Waals surface area contributed by atoms with Crippen LogP contribution in [-0.4, -0.2) is 0 Å². The molecule has 0 atom stereocenters. The van der Waals surface area contributed by atoms with Crippen molar-refractivity contribution >= 4 is 0 Å². The van der Waals surface area contributed by atoms with Gasteiger partial charge in [0.1, 0.15) is 0 Å². The van der Waals surface area contributed by atoms with E-state index in [4.69, 9.17) is 0 Å². The highest BCUT2D eigenvalue weighted by molar-refractivity contribution is 5.38. The monoisotopic (exact) mass is 218 g/mol. The van der Waals surface area contributed by atoms with Crippen LogP contribution in [0.4, 0.5) is 0 Å². The van der Waals surface area contributed by atoms with E-state index in [1.807, 2.05) is 0 Å². The predicted molar refractivity (Wildman–Crippen MR) is 73.3 cm³/mol. The van der Waals surface area contributed by atoms with Crippen molar-refractivity contribution in [1.29, 1.82) is 0 Å². The first-order valence-electron chi connectivity index (χ1n) is 6.37. The van der Waals surface area contributed by atoms with E-state index < -0.39 is 0 Å². The van der Waals surface area contributed by atoms with E-state index in [0.717, 1.165) is 0 Å². The van der Waals surface area contributed by atoms with E-state index >= 15 is 0 Å². The lowest BCUT2D eigenvalue weighted by molar-refractivity contribution is 0.587. The van der Waals surface area contributed by atoms with Gasteiger partial charge in [0.05, 0.1) is 0 Å². The molecule has 0 spiro atoms. The lowest BCUT2D eigenvalue weighted by Gasteiger charge is -2.24. The van der Waals surface area contributed by atoms with Crippen LogP contribution in [0.25, 0.3) is 0 Å². The van der Waals surface area contributed by atoms with Gasteiger partial charge in [-0.2, -0.15) is 0 Å². The van der Waals surface area contributed by atoms with Crippen molar-refractivity contribution in [2.45, 2.75) is 65.7 Å². The molecule has 0 aliphatic heterocycles. The molecule has 0 bridgehead atoms. The van der Waals surface area contributed by atoms with Gasteiger partial charge in [-0.05, 0) is 33.9 Å². The van der Waals surface area contributed by atoms with Crippen LogP contribution in [0.1, 0.15) is 77.0 Å². The van der Waals surface area contributed by atoms with Crippen LogP contribution >= 0.6 is 0 Å². The molecule has 0 unspecified atom stereocenters. The van der Waals surface area contributed by atoms with Crippen LogP contribution in [0.2, 0.25) is 0 Å². The Morgan fingerprint density at radius 1 is 0.812 bits per heavy atom. The molecule has 1 aromatic rings. The van der Waals surface area contributed by atoms with Gasteiger partial charge in [-0.15, -0.1) is 0 Å². The van der Waals surface area contributed by atoms with E-state index in [1.165, 1.54) is 16.7 Å². The third-order valence-electron chi connectivity index (χ3n) is 3.20. The summed E-state index contributed by atoms with van der Waals surface area (Å²) in [5, 5.41) is 0. The van der Waals surface area contributed by atoms with Crippen molar-refractivity contribution < 1.29 is 0 Å². The highest BCUT2D eigenvalue weighted by atomic mass is 14.2. The molecule has 0 nitrogen and oxygen atoms in total. The number of benzene rings is 1. The Kier molecular flexibility index (Phi) is 3.83. The topological polar surface area (TPSA) is 0 Å². The summed E-state index contributed by atoms with van der Waals surface area (Å²) in [5.74, 6) is 1.23. The first kappa shape index (κ1) is 13.3. The molecule has 0 aliphatic rings. The van der Waals surface area contributed by atoms with Gasteiger partial charge < -0.3 is 0 Å². The molecule has 0 heterocycles. The molecule has 1 aromatic carbocycles. The van der Waals surface area contributed by atoms with E-state index in [-0.39, 0.29) is 5.41 Å². The van der Waals surface area contributed by atoms with Gasteiger partial charge >= 0.3 is 0 Å².